The molecule has 3 aromatic carbocycles. The Balaban J connectivity index is 1.40. The van der Waals surface area contributed by atoms with Crippen molar-refractivity contribution in [3.63, 3.8) is 0 Å². The Morgan fingerprint density at radius 2 is 1.48 bits per heavy atom. The van der Waals surface area contributed by atoms with Crippen molar-refractivity contribution in [1.29, 1.82) is 0 Å². The number of hydrogen-bond donors (Lipinski definition) is 1. The van der Waals surface area contributed by atoms with Gasteiger partial charge in [0.05, 0.1) is 0 Å². The summed E-state index contributed by atoms with van der Waals surface area (Å²) in [5.41, 5.74) is 5.45. The standard InChI is InChI=1S/C25H21NO4S/c27-24(28)22-15-31-23(16-8-2-1-3-9-16)26(22)25(29)30-14-21-19-12-6-4-10-17(19)18-11-5-7-13-20(18)21/h1-13,21-23H,14-15H2,(H,27,28)/t22-,23-/m1/s1. The van der Waals surface area contributed by atoms with E-state index in [1.807, 2.05) is 54.6 Å². The van der Waals surface area contributed by atoms with Gasteiger partial charge in [0.25, 0.3) is 0 Å². The lowest BCUT2D eigenvalue weighted by molar-refractivity contribution is -0.141. The van der Waals surface area contributed by atoms with Crippen molar-refractivity contribution in [2.75, 3.05) is 12.4 Å². The van der Waals surface area contributed by atoms with Crippen LogP contribution < -0.4 is 0 Å². The summed E-state index contributed by atoms with van der Waals surface area (Å²) in [4.78, 5) is 26.3. The SMILES string of the molecule is O=C(O)[C@H]1CS[C@H](c2ccccc2)N1C(=O)OCC1c2ccccc2-c2ccccc21. The summed E-state index contributed by atoms with van der Waals surface area (Å²) in [6, 6.07) is 24.9. The molecule has 2 aliphatic rings. The van der Waals surface area contributed by atoms with Crippen molar-refractivity contribution in [1.82, 2.24) is 4.90 Å². The van der Waals surface area contributed by atoms with E-state index in [9.17, 15) is 14.7 Å². The van der Waals surface area contributed by atoms with Crippen LogP contribution in [0, 0.1) is 0 Å². The lowest BCUT2D eigenvalue weighted by Crippen LogP contribution is -2.43. The van der Waals surface area contributed by atoms with Gasteiger partial charge in [0, 0.05) is 11.7 Å². The van der Waals surface area contributed by atoms with E-state index in [4.69, 9.17) is 4.74 Å². The lowest BCUT2D eigenvalue weighted by Gasteiger charge is -2.27. The van der Waals surface area contributed by atoms with Gasteiger partial charge in [-0.3, -0.25) is 4.90 Å². The topological polar surface area (TPSA) is 66.8 Å². The lowest BCUT2D eigenvalue weighted by atomic mass is 9.98. The van der Waals surface area contributed by atoms with Gasteiger partial charge in [0.1, 0.15) is 18.0 Å². The van der Waals surface area contributed by atoms with Crippen LogP contribution in [0.4, 0.5) is 4.79 Å². The Hall–Kier alpha value is -3.25. The first kappa shape index (κ1) is 19.7. The van der Waals surface area contributed by atoms with E-state index in [0.717, 1.165) is 27.8 Å². The van der Waals surface area contributed by atoms with Gasteiger partial charge in [0.2, 0.25) is 0 Å². The number of carboxylic acids is 1. The van der Waals surface area contributed by atoms with E-state index in [0.29, 0.717) is 5.75 Å². The Morgan fingerprint density at radius 3 is 2.10 bits per heavy atom. The number of nitrogens with zero attached hydrogens (tertiary/aromatic N) is 1. The van der Waals surface area contributed by atoms with E-state index >= 15 is 0 Å². The number of carbonyl (C=O) groups is 2. The predicted octanol–water partition coefficient (Wildman–Crippen LogP) is 5.14. The van der Waals surface area contributed by atoms with Crippen LogP contribution in [0.15, 0.2) is 78.9 Å². The third-order valence-corrected chi connectivity index (χ3v) is 7.24. The fraction of sp³-hybridized carbons (Fsp3) is 0.200. The highest BCUT2D eigenvalue weighted by Gasteiger charge is 2.43. The van der Waals surface area contributed by atoms with Crippen molar-refractivity contribution >= 4 is 23.8 Å². The van der Waals surface area contributed by atoms with Gasteiger partial charge in [-0.05, 0) is 27.8 Å². The zero-order chi connectivity index (χ0) is 21.4. The minimum absolute atomic E-state index is 0.0648. The molecule has 1 heterocycles. The van der Waals surface area contributed by atoms with Gasteiger partial charge in [-0.25, -0.2) is 9.59 Å². The zero-order valence-corrected chi connectivity index (χ0v) is 17.5. The van der Waals surface area contributed by atoms with E-state index in [1.54, 1.807) is 0 Å². The summed E-state index contributed by atoms with van der Waals surface area (Å²) in [5, 5.41) is 9.30. The van der Waals surface area contributed by atoms with E-state index in [-0.39, 0.29) is 17.9 Å². The third-order valence-electron chi connectivity index (χ3n) is 5.92. The number of ether oxygens (including phenoxy) is 1. The third kappa shape index (κ3) is 3.47. The molecule has 1 aliphatic heterocycles. The molecule has 31 heavy (non-hydrogen) atoms. The first-order chi connectivity index (χ1) is 15.1. The second-order valence-corrected chi connectivity index (χ2v) is 8.77. The van der Waals surface area contributed by atoms with E-state index < -0.39 is 18.1 Å². The molecular weight excluding hydrogens is 410 g/mol. The van der Waals surface area contributed by atoms with Gasteiger partial charge in [-0.15, -0.1) is 11.8 Å². The molecule has 5 rings (SSSR count). The molecule has 1 saturated heterocycles. The summed E-state index contributed by atoms with van der Waals surface area (Å²) >= 11 is 1.45. The van der Waals surface area contributed by atoms with Crippen LogP contribution in [-0.2, 0) is 9.53 Å². The van der Waals surface area contributed by atoms with Crippen LogP contribution in [0.3, 0.4) is 0 Å². The van der Waals surface area contributed by atoms with E-state index in [2.05, 4.69) is 24.3 Å². The molecule has 5 nitrogen and oxygen atoms in total. The second-order valence-electron chi connectivity index (χ2n) is 7.66. The number of amides is 1. The highest BCUT2D eigenvalue weighted by Crippen LogP contribution is 2.45. The molecule has 1 aliphatic carbocycles. The molecule has 6 heteroatoms. The summed E-state index contributed by atoms with van der Waals surface area (Å²) in [5.74, 6) is -0.747. The number of carbonyl (C=O) groups excluding carboxylic acids is 1. The molecule has 1 fully saturated rings. The van der Waals surface area contributed by atoms with Crippen molar-refractivity contribution < 1.29 is 19.4 Å². The molecule has 1 amide bonds. The number of aliphatic carboxylic acids is 1. The molecular formula is C25H21NO4S. The van der Waals surface area contributed by atoms with Gasteiger partial charge < -0.3 is 9.84 Å². The van der Waals surface area contributed by atoms with Crippen LogP contribution in [-0.4, -0.2) is 40.5 Å². The average Bonchev–Trinajstić information content (AvgIpc) is 3.38. The van der Waals surface area contributed by atoms with E-state index in [1.165, 1.54) is 16.7 Å². The number of rotatable bonds is 4. The van der Waals surface area contributed by atoms with Crippen molar-refractivity contribution in [2.45, 2.75) is 17.3 Å². The van der Waals surface area contributed by atoms with Crippen molar-refractivity contribution in [3.8, 4) is 11.1 Å². The zero-order valence-electron chi connectivity index (χ0n) is 16.7. The minimum Gasteiger partial charge on any atom is -0.480 e. The van der Waals surface area contributed by atoms with Crippen LogP contribution in [0.1, 0.15) is 28.0 Å². The van der Waals surface area contributed by atoms with Crippen LogP contribution in [0.25, 0.3) is 11.1 Å². The Morgan fingerprint density at radius 1 is 0.903 bits per heavy atom. The molecule has 1 N–H and O–H groups in total. The van der Waals surface area contributed by atoms with Crippen LogP contribution >= 0.6 is 11.8 Å². The Kier molecular flexibility index (Phi) is 5.16. The largest absolute Gasteiger partial charge is 0.480 e. The maximum absolute atomic E-state index is 13.2. The predicted molar refractivity (Wildman–Crippen MR) is 120 cm³/mol. The summed E-state index contributed by atoms with van der Waals surface area (Å²) in [6.45, 7) is 0.169. The fourth-order valence-corrected chi connectivity index (χ4v) is 5.87. The number of thioether (sulfide) groups is 1. The maximum atomic E-state index is 13.2. The molecule has 3 aromatic rings. The van der Waals surface area contributed by atoms with Gasteiger partial charge in [-0.1, -0.05) is 78.9 Å². The van der Waals surface area contributed by atoms with Crippen LogP contribution in [0.2, 0.25) is 0 Å². The fourth-order valence-electron chi connectivity index (χ4n) is 4.46. The Bertz CT molecular complexity index is 1090. The number of carboxylic acid groups (broad SMARTS) is 1. The monoisotopic (exact) mass is 431 g/mol. The quantitative estimate of drug-likeness (QED) is 0.620. The molecule has 0 spiro atoms. The summed E-state index contributed by atoms with van der Waals surface area (Å²) in [7, 11) is 0. The normalized spacial score (nSPS) is 19.7. The molecule has 0 saturated carbocycles. The van der Waals surface area contributed by atoms with Gasteiger partial charge in [0.15, 0.2) is 0 Å². The summed E-state index contributed by atoms with van der Waals surface area (Å²) in [6.07, 6.45) is -0.590. The molecule has 2 atom stereocenters. The van der Waals surface area contributed by atoms with Gasteiger partial charge >= 0.3 is 12.1 Å². The number of benzene rings is 3. The average molecular weight is 432 g/mol. The molecule has 0 radical (unpaired) electrons. The highest BCUT2D eigenvalue weighted by molar-refractivity contribution is 7.99. The first-order valence-electron chi connectivity index (χ1n) is 10.2. The Labute approximate surface area is 184 Å². The maximum Gasteiger partial charge on any atom is 0.411 e. The minimum atomic E-state index is -1.01. The number of hydrogen-bond acceptors (Lipinski definition) is 4. The smallest absolute Gasteiger partial charge is 0.411 e. The number of fused-ring (bicyclic) bond motifs is 3. The van der Waals surface area contributed by atoms with Crippen molar-refractivity contribution in [3.05, 3.63) is 95.6 Å². The highest BCUT2D eigenvalue weighted by atomic mass is 32.2. The van der Waals surface area contributed by atoms with Crippen LogP contribution in [0.5, 0.6) is 0 Å². The molecule has 0 bridgehead atoms. The molecule has 0 aromatic heterocycles. The van der Waals surface area contributed by atoms with Crippen molar-refractivity contribution in [2.24, 2.45) is 0 Å². The first-order valence-corrected chi connectivity index (χ1v) is 11.2. The second kappa shape index (κ2) is 8.12. The van der Waals surface area contributed by atoms with Gasteiger partial charge in [-0.2, -0.15) is 0 Å². The summed E-state index contributed by atoms with van der Waals surface area (Å²) < 4.78 is 5.77. The molecule has 0 unspecified atom stereocenters. The molecule has 156 valence electrons.